The van der Waals surface area contributed by atoms with E-state index in [1.807, 2.05) is 0 Å². The SMILES string of the molecule is CC1(C)CCC(C)(C)c2cc([Se]c3ccc(C(=O)O)cn3)c(OCCCCCCCC(=O)O)cc21. The third kappa shape index (κ3) is 7.31. The van der Waals surface area contributed by atoms with Crippen molar-refractivity contribution in [2.75, 3.05) is 6.61 Å². The molecule has 1 heterocycles. The van der Waals surface area contributed by atoms with Crippen LogP contribution in [0.1, 0.15) is 101 Å². The Hall–Kier alpha value is -2.37. The Kier molecular flexibility index (Phi) is 9.00. The average Bonchev–Trinajstić information content (AvgIpc) is 2.79. The molecule has 35 heavy (non-hydrogen) atoms. The zero-order valence-electron chi connectivity index (χ0n) is 21.2. The van der Waals surface area contributed by atoms with Crippen molar-refractivity contribution in [3.8, 4) is 5.75 Å². The Balaban J connectivity index is 1.78. The van der Waals surface area contributed by atoms with E-state index in [1.54, 1.807) is 12.1 Å². The maximum absolute atomic E-state index is 11.2. The molecule has 2 aromatic rings. The predicted molar refractivity (Wildman–Crippen MR) is 139 cm³/mol. The van der Waals surface area contributed by atoms with Gasteiger partial charge in [0.2, 0.25) is 0 Å². The number of hydrogen-bond acceptors (Lipinski definition) is 4. The molecular formula is C28H37NO5Se. The minimum atomic E-state index is -0.971. The van der Waals surface area contributed by atoms with Crippen molar-refractivity contribution in [1.82, 2.24) is 4.98 Å². The first-order chi connectivity index (χ1) is 16.5. The van der Waals surface area contributed by atoms with Gasteiger partial charge in [0.25, 0.3) is 0 Å². The molecule has 0 fully saturated rings. The number of rotatable bonds is 12. The van der Waals surface area contributed by atoms with Crippen LogP contribution in [0.2, 0.25) is 0 Å². The van der Waals surface area contributed by atoms with Crippen molar-refractivity contribution < 1.29 is 24.5 Å². The van der Waals surface area contributed by atoms with E-state index in [4.69, 9.17) is 9.84 Å². The first kappa shape index (κ1) is 27.2. The standard InChI is InChI=1S/C28H37NO5Se/c1-27(2)13-14-28(3,4)21-17-23(35-24-12-11-19(18-29-24)26(32)33)22(16-20(21)27)34-15-9-7-5-6-8-10-25(30)31/h11-12,16-18H,5-10,13-15H2,1-4H3,(H,30,31)(H,32,33). The van der Waals surface area contributed by atoms with Crippen LogP contribution >= 0.6 is 0 Å². The van der Waals surface area contributed by atoms with Crippen molar-refractivity contribution in [1.29, 1.82) is 0 Å². The van der Waals surface area contributed by atoms with Gasteiger partial charge in [0, 0.05) is 0 Å². The number of ether oxygens (including phenoxy) is 1. The van der Waals surface area contributed by atoms with Crippen LogP contribution in [0.15, 0.2) is 30.5 Å². The summed E-state index contributed by atoms with van der Waals surface area (Å²) in [6.45, 7) is 9.85. The molecule has 7 heteroatoms. The summed E-state index contributed by atoms with van der Waals surface area (Å²) in [7, 11) is 0. The minimum absolute atomic E-state index is 0.0834. The van der Waals surface area contributed by atoms with Gasteiger partial charge >= 0.3 is 215 Å². The molecule has 0 atom stereocenters. The Bertz CT molecular complexity index is 1050. The van der Waals surface area contributed by atoms with Crippen molar-refractivity contribution in [3.05, 3.63) is 47.2 Å². The monoisotopic (exact) mass is 547 g/mol. The zero-order chi connectivity index (χ0) is 25.6. The Labute approximate surface area is 214 Å². The molecule has 0 bridgehead atoms. The Morgan fingerprint density at radius 2 is 1.57 bits per heavy atom. The molecule has 0 saturated carbocycles. The summed E-state index contributed by atoms with van der Waals surface area (Å²) in [5.41, 5.74) is 3.09. The number of carboxylic acids is 2. The van der Waals surface area contributed by atoms with Crippen molar-refractivity contribution in [3.63, 3.8) is 0 Å². The molecule has 1 aromatic carbocycles. The van der Waals surface area contributed by atoms with Gasteiger partial charge in [-0.05, 0) is 0 Å². The molecule has 0 amide bonds. The van der Waals surface area contributed by atoms with E-state index < -0.39 is 11.9 Å². The van der Waals surface area contributed by atoms with Gasteiger partial charge in [0.15, 0.2) is 0 Å². The van der Waals surface area contributed by atoms with Crippen molar-refractivity contribution >= 4 is 35.9 Å². The van der Waals surface area contributed by atoms with Crippen LogP contribution in [0.3, 0.4) is 0 Å². The zero-order valence-corrected chi connectivity index (χ0v) is 22.9. The summed E-state index contributed by atoms with van der Waals surface area (Å²) in [6, 6.07) is 7.97. The van der Waals surface area contributed by atoms with E-state index >= 15 is 0 Å². The molecule has 0 aliphatic heterocycles. The third-order valence-electron chi connectivity index (χ3n) is 6.91. The molecule has 190 valence electrons. The second-order valence-electron chi connectivity index (χ2n) is 10.7. The molecule has 2 N–H and O–H groups in total. The fraction of sp³-hybridized carbons (Fsp3) is 0.536. The summed E-state index contributed by atoms with van der Waals surface area (Å²) in [6.07, 6.45) is 8.55. The number of nitrogens with zero attached hydrogens (tertiary/aromatic N) is 1. The summed E-state index contributed by atoms with van der Waals surface area (Å²) in [4.78, 5) is 26.2. The molecule has 0 spiro atoms. The molecule has 0 saturated heterocycles. The van der Waals surface area contributed by atoms with E-state index in [2.05, 4.69) is 44.8 Å². The number of fused-ring (bicyclic) bond motifs is 1. The quantitative estimate of drug-likeness (QED) is 0.299. The van der Waals surface area contributed by atoms with Crippen LogP contribution in [0, 0.1) is 0 Å². The summed E-state index contributed by atoms with van der Waals surface area (Å²) < 4.78 is 8.36. The number of hydrogen-bond donors (Lipinski definition) is 2. The first-order valence-corrected chi connectivity index (χ1v) is 14.1. The number of pyridine rings is 1. The normalized spacial score (nSPS) is 15.9. The van der Waals surface area contributed by atoms with E-state index in [0.717, 1.165) is 59.7 Å². The molecule has 3 rings (SSSR count). The first-order valence-electron chi connectivity index (χ1n) is 12.4. The van der Waals surface area contributed by atoms with Gasteiger partial charge in [-0.15, -0.1) is 0 Å². The van der Waals surface area contributed by atoms with Crippen molar-refractivity contribution in [2.24, 2.45) is 0 Å². The summed E-state index contributed by atoms with van der Waals surface area (Å²) >= 11 is -0.115. The third-order valence-corrected chi connectivity index (χ3v) is 8.98. The average molecular weight is 547 g/mol. The number of carboxylic acid groups (broad SMARTS) is 2. The van der Waals surface area contributed by atoms with Crippen LogP contribution in [0.25, 0.3) is 0 Å². The van der Waals surface area contributed by atoms with E-state index in [-0.39, 0.29) is 37.8 Å². The van der Waals surface area contributed by atoms with E-state index in [1.165, 1.54) is 17.3 Å². The number of unbranched alkanes of at least 4 members (excludes halogenated alkanes) is 4. The summed E-state index contributed by atoms with van der Waals surface area (Å²) in [5.74, 6) is -0.792. The molecule has 1 aliphatic carbocycles. The molecule has 0 radical (unpaired) electrons. The van der Waals surface area contributed by atoms with Gasteiger partial charge in [0.05, 0.1) is 0 Å². The van der Waals surface area contributed by atoms with Gasteiger partial charge in [0.1, 0.15) is 0 Å². The maximum atomic E-state index is 11.2. The Morgan fingerprint density at radius 3 is 2.17 bits per heavy atom. The molecular weight excluding hydrogens is 509 g/mol. The van der Waals surface area contributed by atoms with Gasteiger partial charge in [-0.2, -0.15) is 0 Å². The van der Waals surface area contributed by atoms with Crippen LogP contribution < -0.4 is 13.8 Å². The number of aromatic nitrogens is 1. The summed E-state index contributed by atoms with van der Waals surface area (Å²) in [5, 5.41) is 17.9. The number of carbonyl (C=O) groups is 2. The molecule has 6 nitrogen and oxygen atoms in total. The van der Waals surface area contributed by atoms with Crippen LogP contribution in [0.5, 0.6) is 5.75 Å². The predicted octanol–water partition coefficient (Wildman–Crippen LogP) is 4.59. The second-order valence-corrected chi connectivity index (χ2v) is 12.9. The Morgan fingerprint density at radius 1 is 0.943 bits per heavy atom. The van der Waals surface area contributed by atoms with Gasteiger partial charge in [-0.3, -0.25) is 0 Å². The number of aliphatic carboxylic acids is 1. The molecule has 1 aliphatic rings. The second kappa shape index (κ2) is 11.6. The van der Waals surface area contributed by atoms with Gasteiger partial charge in [-0.25, -0.2) is 0 Å². The molecule has 1 aromatic heterocycles. The van der Waals surface area contributed by atoms with E-state index in [0.29, 0.717) is 6.61 Å². The topological polar surface area (TPSA) is 96.7 Å². The fourth-order valence-corrected chi connectivity index (χ4v) is 6.35. The van der Waals surface area contributed by atoms with Crippen LogP contribution in [-0.2, 0) is 15.6 Å². The van der Waals surface area contributed by atoms with Gasteiger partial charge in [-0.1, -0.05) is 0 Å². The van der Waals surface area contributed by atoms with E-state index in [9.17, 15) is 14.7 Å². The molecule has 0 unspecified atom stereocenters. The van der Waals surface area contributed by atoms with Crippen LogP contribution in [0.4, 0.5) is 0 Å². The van der Waals surface area contributed by atoms with Crippen LogP contribution in [-0.4, -0.2) is 48.7 Å². The number of aromatic carboxylic acids is 1. The fourth-order valence-electron chi connectivity index (χ4n) is 4.54. The van der Waals surface area contributed by atoms with Crippen molar-refractivity contribution in [2.45, 2.75) is 89.9 Å². The number of benzene rings is 1. The van der Waals surface area contributed by atoms with Gasteiger partial charge < -0.3 is 0 Å².